The lowest BCUT2D eigenvalue weighted by Gasteiger charge is -2.22. The van der Waals surface area contributed by atoms with E-state index in [4.69, 9.17) is 0 Å². The van der Waals surface area contributed by atoms with Crippen LogP contribution in [0.25, 0.3) is 0 Å². The van der Waals surface area contributed by atoms with Crippen LogP contribution in [0.15, 0.2) is 24.3 Å². The van der Waals surface area contributed by atoms with Crippen LogP contribution in [-0.2, 0) is 5.75 Å². The molecule has 0 bridgehead atoms. The summed E-state index contributed by atoms with van der Waals surface area (Å²) in [6, 6.07) is 9.33. The van der Waals surface area contributed by atoms with Gasteiger partial charge in [-0.05, 0) is 36.9 Å². The van der Waals surface area contributed by atoms with Gasteiger partial charge in [-0.2, -0.15) is 11.8 Å². The van der Waals surface area contributed by atoms with E-state index in [2.05, 4.69) is 57.3 Å². The standard InChI is InChI=1S/C16H27NS/c1-5-10-17-16(13(2)3)12-18-11-15-9-7-6-8-14(15)4/h6-9,13,16-17H,5,10-12H2,1-4H3. The van der Waals surface area contributed by atoms with Gasteiger partial charge in [0.05, 0.1) is 0 Å². The van der Waals surface area contributed by atoms with Gasteiger partial charge in [0, 0.05) is 17.5 Å². The first-order valence-corrected chi connectivity index (χ1v) is 8.16. The molecule has 0 aromatic heterocycles. The smallest absolute Gasteiger partial charge is 0.0187 e. The molecule has 102 valence electrons. The van der Waals surface area contributed by atoms with Gasteiger partial charge in [-0.15, -0.1) is 0 Å². The molecule has 1 rings (SSSR count). The first-order valence-electron chi connectivity index (χ1n) is 7.00. The average molecular weight is 265 g/mol. The van der Waals surface area contributed by atoms with Crippen molar-refractivity contribution in [3.8, 4) is 0 Å². The Labute approximate surface area is 117 Å². The Morgan fingerprint density at radius 1 is 1.22 bits per heavy atom. The highest BCUT2D eigenvalue weighted by molar-refractivity contribution is 7.98. The lowest BCUT2D eigenvalue weighted by atomic mass is 10.1. The van der Waals surface area contributed by atoms with Gasteiger partial charge in [0.25, 0.3) is 0 Å². The van der Waals surface area contributed by atoms with Crippen LogP contribution in [0.5, 0.6) is 0 Å². The SMILES string of the molecule is CCCNC(CSCc1ccccc1C)C(C)C. The zero-order chi connectivity index (χ0) is 13.4. The summed E-state index contributed by atoms with van der Waals surface area (Å²) in [7, 11) is 0. The van der Waals surface area contributed by atoms with Crippen molar-refractivity contribution < 1.29 is 0 Å². The summed E-state index contributed by atoms with van der Waals surface area (Å²) in [6.45, 7) is 10.2. The first-order chi connectivity index (χ1) is 8.65. The topological polar surface area (TPSA) is 12.0 Å². The molecule has 0 saturated heterocycles. The maximum atomic E-state index is 3.65. The second-order valence-electron chi connectivity index (χ2n) is 5.25. The van der Waals surface area contributed by atoms with Crippen LogP contribution in [0.1, 0.15) is 38.3 Å². The zero-order valence-corrected chi connectivity index (χ0v) is 13.0. The second kappa shape index (κ2) is 8.60. The van der Waals surface area contributed by atoms with Crippen LogP contribution >= 0.6 is 11.8 Å². The molecule has 2 heteroatoms. The van der Waals surface area contributed by atoms with E-state index in [0.29, 0.717) is 12.0 Å². The van der Waals surface area contributed by atoms with Gasteiger partial charge in [-0.25, -0.2) is 0 Å². The maximum Gasteiger partial charge on any atom is 0.0187 e. The normalized spacial score (nSPS) is 12.9. The minimum atomic E-state index is 0.638. The molecule has 0 aliphatic rings. The van der Waals surface area contributed by atoms with Gasteiger partial charge in [0.1, 0.15) is 0 Å². The molecule has 0 spiro atoms. The number of aryl methyl sites for hydroxylation is 1. The molecule has 1 nitrogen and oxygen atoms in total. The molecular formula is C16H27NS. The molecule has 0 radical (unpaired) electrons. The Bertz CT molecular complexity index is 336. The van der Waals surface area contributed by atoms with Crippen molar-refractivity contribution in [2.24, 2.45) is 5.92 Å². The fourth-order valence-electron chi connectivity index (χ4n) is 1.88. The third-order valence-corrected chi connectivity index (χ3v) is 4.39. The van der Waals surface area contributed by atoms with Crippen molar-refractivity contribution in [2.45, 2.75) is 45.9 Å². The average Bonchev–Trinajstić information content (AvgIpc) is 2.35. The Balaban J connectivity index is 2.36. The Hall–Kier alpha value is -0.470. The van der Waals surface area contributed by atoms with E-state index in [1.165, 1.54) is 23.3 Å². The quantitative estimate of drug-likeness (QED) is 0.754. The molecule has 0 amide bonds. The van der Waals surface area contributed by atoms with Gasteiger partial charge < -0.3 is 5.32 Å². The Kier molecular flexibility index (Phi) is 7.45. The molecule has 0 heterocycles. The van der Waals surface area contributed by atoms with Gasteiger partial charge in [-0.3, -0.25) is 0 Å². The molecule has 0 fully saturated rings. The summed E-state index contributed by atoms with van der Waals surface area (Å²) in [5.74, 6) is 3.04. The van der Waals surface area contributed by atoms with Crippen LogP contribution in [-0.4, -0.2) is 18.3 Å². The second-order valence-corrected chi connectivity index (χ2v) is 6.28. The van der Waals surface area contributed by atoms with Crippen molar-refractivity contribution in [1.29, 1.82) is 0 Å². The number of rotatable bonds is 8. The van der Waals surface area contributed by atoms with E-state index < -0.39 is 0 Å². The van der Waals surface area contributed by atoms with Crippen molar-refractivity contribution >= 4 is 11.8 Å². The molecule has 1 N–H and O–H groups in total. The number of hydrogen-bond donors (Lipinski definition) is 1. The van der Waals surface area contributed by atoms with E-state index in [1.807, 2.05) is 11.8 Å². The number of nitrogens with one attached hydrogen (secondary N) is 1. The highest BCUT2D eigenvalue weighted by atomic mass is 32.2. The number of thioether (sulfide) groups is 1. The summed E-state index contributed by atoms with van der Waals surface area (Å²) in [5, 5.41) is 3.65. The predicted octanol–water partition coefficient (Wildman–Crippen LogP) is 4.25. The summed E-state index contributed by atoms with van der Waals surface area (Å²) >= 11 is 2.04. The summed E-state index contributed by atoms with van der Waals surface area (Å²) in [5.41, 5.74) is 2.88. The van der Waals surface area contributed by atoms with Crippen LogP contribution in [0, 0.1) is 12.8 Å². The van der Waals surface area contributed by atoms with E-state index >= 15 is 0 Å². The fourth-order valence-corrected chi connectivity index (χ4v) is 3.30. The highest BCUT2D eigenvalue weighted by Crippen LogP contribution is 2.18. The lowest BCUT2D eigenvalue weighted by Crippen LogP contribution is -2.36. The van der Waals surface area contributed by atoms with Crippen LogP contribution in [0.2, 0.25) is 0 Å². The van der Waals surface area contributed by atoms with Crippen LogP contribution < -0.4 is 5.32 Å². The highest BCUT2D eigenvalue weighted by Gasteiger charge is 2.12. The third kappa shape index (κ3) is 5.45. The molecule has 1 atom stereocenters. The molecule has 18 heavy (non-hydrogen) atoms. The van der Waals surface area contributed by atoms with Crippen molar-refractivity contribution in [3.05, 3.63) is 35.4 Å². The van der Waals surface area contributed by atoms with Gasteiger partial charge in [0.2, 0.25) is 0 Å². The van der Waals surface area contributed by atoms with Crippen LogP contribution in [0.4, 0.5) is 0 Å². The van der Waals surface area contributed by atoms with E-state index in [0.717, 1.165) is 12.3 Å². The van der Waals surface area contributed by atoms with E-state index in [-0.39, 0.29) is 0 Å². The largest absolute Gasteiger partial charge is 0.313 e. The van der Waals surface area contributed by atoms with Gasteiger partial charge >= 0.3 is 0 Å². The fraction of sp³-hybridized carbons (Fsp3) is 0.625. The number of benzene rings is 1. The third-order valence-electron chi connectivity index (χ3n) is 3.28. The predicted molar refractivity (Wildman–Crippen MR) is 84.3 cm³/mol. The molecule has 0 aliphatic carbocycles. The summed E-state index contributed by atoms with van der Waals surface area (Å²) < 4.78 is 0. The lowest BCUT2D eigenvalue weighted by molar-refractivity contribution is 0.434. The minimum Gasteiger partial charge on any atom is -0.313 e. The zero-order valence-electron chi connectivity index (χ0n) is 12.2. The number of hydrogen-bond acceptors (Lipinski definition) is 2. The van der Waals surface area contributed by atoms with Crippen molar-refractivity contribution in [1.82, 2.24) is 5.32 Å². The Morgan fingerprint density at radius 3 is 2.56 bits per heavy atom. The van der Waals surface area contributed by atoms with Crippen LogP contribution in [0.3, 0.4) is 0 Å². The molecular weight excluding hydrogens is 238 g/mol. The molecule has 1 aromatic rings. The maximum absolute atomic E-state index is 3.65. The van der Waals surface area contributed by atoms with Gasteiger partial charge in [0.15, 0.2) is 0 Å². The molecule has 0 saturated carbocycles. The van der Waals surface area contributed by atoms with E-state index in [9.17, 15) is 0 Å². The van der Waals surface area contributed by atoms with Crippen molar-refractivity contribution in [2.75, 3.05) is 12.3 Å². The molecule has 1 aromatic carbocycles. The molecule has 1 unspecified atom stereocenters. The molecule has 0 aliphatic heterocycles. The van der Waals surface area contributed by atoms with Gasteiger partial charge in [-0.1, -0.05) is 45.0 Å². The Morgan fingerprint density at radius 2 is 1.94 bits per heavy atom. The summed E-state index contributed by atoms with van der Waals surface area (Å²) in [4.78, 5) is 0. The monoisotopic (exact) mass is 265 g/mol. The van der Waals surface area contributed by atoms with E-state index in [1.54, 1.807) is 0 Å². The first kappa shape index (κ1) is 15.6. The summed E-state index contributed by atoms with van der Waals surface area (Å²) in [6.07, 6.45) is 1.21. The van der Waals surface area contributed by atoms with Crippen molar-refractivity contribution in [3.63, 3.8) is 0 Å². The minimum absolute atomic E-state index is 0.638.